The zero-order valence-electron chi connectivity index (χ0n) is 15.3. The summed E-state index contributed by atoms with van der Waals surface area (Å²) < 4.78 is 5.27. The van der Waals surface area contributed by atoms with Gasteiger partial charge in [-0.3, -0.25) is 4.98 Å². The first-order valence-electron chi connectivity index (χ1n) is 8.93. The number of aromatic carboxylic acids is 1. The van der Waals surface area contributed by atoms with Gasteiger partial charge in [-0.25, -0.2) is 9.78 Å². The Kier molecular flexibility index (Phi) is 4.76. The summed E-state index contributed by atoms with van der Waals surface area (Å²) in [6, 6.07) is 14.8. The minimum Gasteiger partial charge on any atom is -0.497 e. The van der Waals surface area contributed by atoms with Crippen molar-refractivity contribution in [3.63, 3.8) is 0 Å². The molecule has 0 atom stereocenters. The van der Waals surface area contributed by atoms with E-state index in [4.69, 9.17) is 4.74 Å². The van der Waals surface area contributed by atoms with Crippen LogP contribution in [0.3, 0.4) is 0 Å². The Hall–Kier alpha value is -3.67. The van der Waals surface area contributed by atoms with Crippen LogP contribution in [0.5, 0.6) is 5.75 Å². The third-order valence-electron chi connectivity index (χ3n) is 4.68. The van der Waals surface area contributed by atoms with Crippen LogP contribution in [0.25, 0.3) is 21.7 Å². The summed E-state index contributed by atoms with van der Waals surface area (Å²) in [6.07, 6.45) is 4.32. The fourth-order valence-electron chi connectivity index (χ4n) is 3.27. The van der Waals surface area contributed by atoms with Gasteiger partial charge in [0.05, 0.1) is 18.2 Å². The Morgan fingerprint density at radius 3 is 2.82 bits per heavy atom. The van der Waals surface area contributed by atoms with Gasteiger partial charge in [-0.2, -0.15) is 0 Å². The summed E-state index contributed by atoms with van der Waals surface area (Å²) in [5, 5.41) is 15.4. The lowest BCUT2D eigenvalue weighted by Crippen LogP contribution is -2.07. The smallest absolute Gasteiger partial charge is 0.335 e. The van der Waals surface area contributed by atoms with Crippen LogP contribution in [-0.4, -0.2) is 34.7 Å². The molecule has 6 nitrogen and oxygen atoms in total. The third-order valence-corrected chi connectivity index (χ3v) is 4.68. The molecule has 0 aliphatic heterocycles. The molecule has 0 radical (unpaired) electrons. The molecule has 4 aromatic rings. The number of methoxy groups -OCH3 is 1. The number of pyridine rings is 2. The lowest BCUT2D eigenvalue weighted by molar-refractivity contribution is 0.0697. The SMILES string of the molecule is COc1cccc(CCNc2nc3cc(C(=O)O)ccc3c3cnccc23)c1. The lowest BCUT2D eigenvalue weighted by atomic mass is 10.1. The summed E-state index contributed by atoms with van der Waals surface area (Å²) in [7, 11) is 1.65. The summed E-state index contributed by atoms with van der Waals surface area (Å²) in [6.45, 7) is 0.682. The molecule has 0 amide bonds. The van der Waals surface area contributed by atoms with Crippen molar-refractivity contribution in [1.29, 1.82) is 0 Å². The molecule has 140 valence electrons. The van der Waals surface area contributed by atoms with Crippen molar-refractivity contribution in [1.82, 2.24) is 9.97 Å². The van der Waals surface area contributed by atoms with Crippen molar-refractivity contribution < 1.29 is 14.6 Å². The Balaban J connectivity index is 1.67. The number of carboxylic acid groups (broad SMARTS) is 1. The molecule has 0 spiro atoms. The molecule has 0 saturated carbocycles. The van der Waals surface area contributed by atoms with Crippen LogP contribution in [0.4, 0.5) is 5.82 Å². The number of benzene rings is 2. The van der Waals surface area contributed by atoms with Gasteiger partial charge in [-0.1, -0.05) is 18.2 Å². The lowest BCUT2D eigenvalue weighted by Gasteiger charge is -2.12. The van der Waals surface area contributed by atoms with Crippen LogP contribution in [-0.2, 0) is 6.42 Å². The number of anilines is 1. The molecule has 2 aromatic heterocycles. The topological polar surface area (TPSA) is 84.3 Å². The van der Waals surface area contributed by atoms with Crippen LogP contribution in [0.15, 0.2) is 60.9 Å². The van der Waals surface area contributed by atoms with E-state index in [0.29, 0.717) is 12.1 Å². The molecular formula is C22H19N3O3. The Labute approximate surface area is 161 Å². The van der Waals surface area contributed by atoms with Crippen LogP contribution >= 0.6 is 0 Å². The number of aromatic nitrogens is 2. The van der Waals surface area contributed by atoms with E-state index in [1.54, 1.807) is 37.7 Å². The highest BCUT2D eigenvalue weighted by Gasteiger charge is 2.11. The van der Waals surface area contributed by atoms with Gasteiger partial charge >= 0.3 is 5.97 Å². The molecule has 28 heavy (non-hydrogen) atoms. The third kappa shape index (κ3) is 3.44. The number of fused-ring (bicyclic) bond motifs is 3. The number of nitrogens with zero attached hydrogens (tertiary/aromatic N) is 2. The number of carbonyl (C=O) groups is 1. The monoisotopic (exact) mass is 373 g/mol. The van der Waals surface area contributed by atoms with Crippen LogP contribution < -0.4 is 10.1 Å². The van der Waals surface area contributed by atoms with Gasteiger partial charge in [0.15, 0.2) is 0 Å². The van der Waals surface area contributed by atoms with Gasteiger partial charge in [0.1, 0.15) is 11.6 Å². The van der Waals surface area contributed by atoms with Crippen LogP contribution in [0.2, 0.25) is 0 Å². The summed E-state index contributed by atoms with van der Waals surface area (Å²) >= 11 is 0. The van der Waals surface area contributed by atoms with Gasteiger partial charge in [0.25, 0.3) is 0 Å². The number of hydrogen-bond acceptors (Lipinski definition) is 5. The molecule has 0 saturated heterocycles. The molecule has 0 aliphatic carbocycles. The first kappa shape index (κ1) is 17.7. The van der Waals surface area contributed by atoms with Crippen molar-refractivity contribution in [3.05, 3.63) is 72.1 Å². The average Bonchev–Trinajstić information content (AvgIpc) is 2.73. The number of rotatable bonds is 6. The van der Waals surface area contributed by atoms with Gasteiger partial charge in [0, 0.05) is 35.1 Å². The van der Waals surface area contributed by atoms with Crippen LogP contribution in [0, 0.1) is 0 Å². The zero-order valence-corrected chi connectivity index (χ0v) is 15.3. The fraction of sp³-hybridized carbons (Fsp3) is 0.136. The molecule has 0 fully saturated rings. The van der Waals surface area contributed by atoms with E-state index in [-0.39, 0.29) is 5.56 Å². The average molecular weight is 373 g/mol. The highest BCUT2D eigenvalue weighted by molar-refractivity contribution is 6.10. The van der Waals surface area contributed by atoms with Crippen molar-refractivity contribution >= 4 is 33.5 Å². The summed E-state index contributed by atoms with van der Waals surface area (Å²) in [5.41, 5.74) is 2.00. The molecule has 2 N–H and O–H groups in total. The number of hydrogen-bond donors (Lipinski definition) is 2. The molecule has 0 bridgehead atoms. The van der Waals surface area contributed by atoms with Crippen molar-refractivity contribution in [3.8, 4) is 5.75 Å². The maximum Gasteiger partial charge on any atom is 0.335 e. The predicted molar refractivity (Wildman–Crippen MR) is 109 cm³/mol. The maximum absolute atomic E-state index is 11.3. The maximum atomic E-state index is 11.3. The quantitative estimate of drug-likeness (QED) is 0.494. The fourth-order valence-corrected chi connectivity index (χ4v) is 3.27. The highest BCUT2D eigenvalue weighted by Crippen LogP contribution is 2.29. The number of nitrogens with one attached hydrogen (secondary N) is 1. The molecule has 4 rings (SSSR count). The number of ether oxygens (including phenoxy) is 1. The van der Waals surface area contributed by atoms with Crippen molar-refractivity contribution in [2.45, 2.75) is 6.42 Å². The van der Waals surface area contributed by atoms with E-state index >= 15 is 0 Å². The van der Waals surface area contributed by atoms with Gasteiger partial charge in [-0.15, -0.1) is 0 Å². The molecule has 2 heterocycles. The summed E-state index contributed by atoms with van der Waals surface area (Å²) in [4.78, 5) is 20.2. The second kappa shape index (κ2) is 7.52. The second-order valence-corrected chi connectivity index (χ2v) is 6.45. The number of carboxylic acids is 1. The van der Waals surface area contributed by atoms with Gasteiger partial charge in [0.2, 0.25) is 0 Å². The first-order valence-corrected chi connectivity index (χ1v) is 8.93. The largest absolute Gasteiger partial charge is 0.497 e. The van der Waals surface area contributed by atoms with Gasteiger partial charge < -0.3 is 15.2 Å². The van der Waals surface area contributed by atoms with E-state index in [0.717, 1.165) is 39.7 Å². The summed E-state index contributed by atoms with van der Waals surface area (Å²) in [5.74, 6) is 0.580. The second-order valence-electron chi connectivity index (χ2n) is 6.45. The minimum absolute atomic E-state index is 0.213. The van der Waals surface area contributed by atoms with E-state index in [9.17, 15) is 9.90 Å². The van der Waals surface area contributed by atoms with E-state index < -0.39 is 5.97 Å². The highest BCUT2D eigenvalue weighted by atomic mass is 16.5. The first-order chi connectivity index (χ1) is 13.7. The van der Waals surface area contributed by atoms with Crippen molar-refractivity contribution in [2.24, 2.45) is 0 Å². The Morgan fingerprint density at radius 1 is 1.11 bits per heavy atom. The molecule has 6 heteroatoms. The van der Waals surface area contributed by atoms with E-state index in [1.807, 2.05) is 24.3 Å². The Bertz CT molecular complexity index is 1170. The minimum atomic E-state index is -0.970. The van der Waals surface area contributed by atoms with Crippen molar-refractivity contribution in [2.75, 3.05) is 19.0 Å². The standard InChI is InChI=1S/C22H19N3O3/c1-28-16-4-2-3-14(11-16)7-10-24-21-18-8-9-23-13-19(18)17-6-5-15(22(26)27)12-20(17)25-21/h2-6,8-9,11-13H,7,10H2,1H3,(H,24,25)(H,26,27). The molecule has 0 aliphatic rings. The molecular weight excluding hydrogens is 354 g/mol. The predicted octanol–water partition coefficient (Wildman–Crippen LogP) is 4.14. The normalized spacial score (nSPS) is 10.9. The molecule has 0 unspecified atom stereocenters. The zero-order chi connectivity index (χ0) is 19.5. The Morgan fingerprint density at radius 2 is 2.00 bits per heavy atom. The van der Waals surface area contributed by atoms with E-state index in [1.165, 1.54) is 0 Å². The molecule has 2 aromatic carbocycles. The van der Waals surface area contributed by atoms with E-state index in [2.05, 4.69) is 21.4 Å². The van der Waals surface area contributed by atoms with Crippen LogP contribution in [0.1, 0.15) is 15.9 Å². The van der Waals surface area contributed by atoms with Gasteiger partial charge in [-0.05, 0) is 42.3 Å².